The van der Waals surface area contributed by atoms with Crippen molar-refractivity contribution in [2.24, 2.45) is 5.92 Å². The molecule has 0 spiro atoms. The zero-order valence-corrected chi connectivity index (χ0v) is 14.8. The summed E-state index contributed by atoms with van der Waals surface area (Å²) in [4.78, 5) is 13.5. The Bertz CT molecular complexity index is 532. The van der Waals surface area contributed by atoms with E-state index >= 15 is 0 Å². The highest BCUT2D eigenvalue weighted by Gasteiger charge is 2.26. The molecule has 1 aliphatic heterocycles. The van der Waals surface area contributed by atoms with Crippen LogP contribution in [-0.2, 0) is 11.3 Å². The summed E-state index contributed by atoms with van der Waals surface area (Å²) in [6.07, 6.45) is 5.03. The maximum atomic E-state index is 11.3. The van der Waals surface area contributed by atoms with Crippen LogP contribution in [0, 0.1) is 5.92 Å². The summed E-state index contributed by atoms with van der Waals surface area (Å²) in [6.45, 7) is 5.07. The Labute approximate surface area is 144 Å². The summed E-state index contributed by atoms with van der Waals surface area (Å²) in [7, 11) is 1.65. The molecule has 0 radical (unpaired) electrons. The van der Waals surface area contributed by atoms with Crippen LogP contribution in [0.2, 0.25) is 0 Å². The van der Waals surface area contributed by atoms with Gasteiger partial charge in [0.1, 0.15) is 0 Å². The minimum atomic E-state index is -0.693. The summed E-state index contributed by atoms with van der Waals surface area (Å²) in [6, 6.07) is 5.92. The monoisotopic (exact) mass is 335 g/mol. The van der Waals surface area contributed by atoms with Gasteiger partial charge in [-0.15, -0.1) is 0 Å². The number of carboxylic acid groups (broad SMARTS) is 1. The van der Waals surface area contributed by atoms with Gasteiger partial charge in [-0.3, -0.25) is 9.69 Å². The third kappa shape index (κ3) is 5.13. The van der Waals surface area contributed by atoms with E-state index in [4.69, 9.17) is 9.47 Å². The van der Waals surface area contributed by atoms with Crippen LogP contribution in [0.1, 0.15) is 44.6 Å². The van der Waals surface area contributed by atoms with E-state index in [-0.39, 0.29) is 5.92 Å². The average molecular weight is 335 g/mol. The molecule has 1 heterocycles. The van der Waals surface area contributed by atoms with Gasteiger partial charge in [-0.05, 0) is 31.9 Å². The Hall–Kier alpha value is -1.75. The predicted octanol–water partition coefficient (Wildman–Crippen LogP) is 3.56. The molecule has 0 bridgehead atoms. The van der Waals surface area contributed by atoms with Crippen molar-refractivity contribution in [1.29, 1.82) is 0 Å². The van der Waals surface area contributed by atoms with E-state index in [9.17, 15) is 9.90 Å². The summed E-state index contributed by atoms with van der Waals surface area (Å²) >= 11 is 0. The zero-order valence-electron chi connectivity index (χ0n) is 14.8. The molecule has 5 heteroatoms. The number of benzene rings is 1. The molecule has 0 aliphatic carbocycles. The maximum Gasteiger partial charge on any atom is 0.307 e. The fourth-order valence-corrected chi connectivity index (χ4v) is 3.18. The third-order valence-corrected chi connectivity index (χ3v) is 4.52. The number of ether oxygens (including phenoxy) is 2. The minimum absolute atomic E-state index is 0.265. The summed E-state index contributed by atoms with van der Waals surface area (Å²) < 4.78 is 11.5. The Balaban J connectivity index is 2.06. The minimum Gasteiger partial charge on any atom is -0.493 e. The highest BCUT2D eigenvalue weighted by Crippen LogP contribution is 2.33. The van der Waals surface area contributed by atoms with E-state index in [1.54, 1.807) is 7.11 Å². The number of unbranched alkanes of at least 4 members (excludes halogenated alkanes) is 2. The Morgan fingerprint density at radius 3 is 2.92 bits per heavy atom. The second-order valence-electron chi connectivity index (χ2n) is 6.42. The van der Waals surface area contributed by atoms with Crippen LogP contribution in [0.3, 0.4) is 0 Å². The molecule has 1 fully saturated rings. The maximum absolute atomic E-state index is 11.3. The zero-order chi connectivity index (χ0) is 17.4. The molecule has 1 aromatic rings. The van der Waals surface area contributed by atoms with Gasteiger partial charge in [0.15, 0.2) is 11.5 Å². The van der Waals surface area contributed by atoms with E-state index in [1.807, 2.05) is 18.2 Å². The first kappa shape index (κ1) is 18.6. The second-order valence-corrected chi connectivity index (χ2v) is 6.42. The standard InChI is InChI=1S/C19H29NO4/c1-3-4-5-12-24-18-15(8-6-10-17(18)23-2)13-20-11-7-9-16(14-20)19(21)22/h6,8,10,16H,3-5,7,9,11-14H2,1-2H3,(H,21,22). The van der Waals surface area contributed by atoms with Crippen molar-refractivity contribution in [1.82, 2.24) is 4.90 Å². The predicted molar refractivity (Wildman–Crippen MR) is 93.7 cm³/mol. The summed E-state index contributed by atoms with van der Waals surface area (Å²) in [5.41, 5.74) is 1.07. The van der Waals surface area contributed by atoms with Gasteiger partial charge in [0, 0.05) is 18.7 Å². The number of methoxy groups -OCH3 is 1. The van der Waals surface area contributed by atoms with Crippen LogP contribution in [0.4, 0.5) is 0 Å². The number of carboxylic acids is 1. The molecule has 1 unspecified atom stereocenters. The largest absolute Gasteiger partial charge is 0.493 e. The molecule has 1 aliphatic rings. The molecule has 1 atom stereocenters. The Morgan fingerprint density at radius 2 is 2.21 bits per heavy atom. The van der Waals surface area contributed by atoms with Crippen LogP contribution in [-0.4, -0.2) is 42.8 Å². The lowest BCUT2D eigenvalue weighted by atomic mass is 9.98. The molecule has 2 rings (SSSR count). The van der Waals surface area contributed by atoms with Crippen LogP contribution >= 0.6 is 0 Å². The molecular weight excluding hydrogens is 306 g/mol. The number of hydrogen-bond donors (Lipinski definition) is 1. The van der Waals surface area contributed by atoms with E-state index in [1.165, 1.54) is 0 Å². The molecule has 5 nitrogen and oxygen atoms in total. The molecule has 1 saturated heterocycles. The summed E-state index contributed by atoms with van der Waals surface area (Å²) in [5, 5.41) is 9.25. The number of hydrogen-bond acceptors (Lipinski definition) is 4. The molecule has 1 N–H and O–H groups in total. The number of nitrogens with zero attached hydrogens (tertiary/aromatic N) is 1. The van der Waals surface area contributed by atoms with Crippen molar-refractivity contribution in [3.63, 3.8) is 0 Å². The van der Waals surface area contributed by atoms with Gasteiger partial charge < -0.3 is 14.6 Å². The number of likely N-dealkylation sites (tertiary alicyclic amines) is 1. The topological polar surface area (TPSA) is 59.0 Å². The van der Waals surface area contributed by atoms with E-state index in [0.29, 0.717) is 19.7 Å². The number of piperidine rings is 1. The number of carbonyl (C=O) groups is 1. The van der Waals surface area contributed by atoms with Crippen molar-refractivity contribution in [2.45, 2.75) is 45.6 Å². The molecule has 0 amide bonds. The highest BCUT2D eigenvalue weighted by molar-refractivity contribution is 5.70. The third-order valence-electron chi connectivity index (χ3n) is 4.52. The second kappa shape index (κ2) is 9.52. The van der Waals surface area contributed by atoms with Crippen LogP contribution in [0.15, 0.2) is 18.2 Å². The molecular formula is C19H29NO4. The first-order chi connectivity index (χ1) is 11.7. The fraction of sp³-hybridized carbons (Fsp3) is 0.632. The highest BCUT2D eigenvalue weighted by atomic mass is 16.5. The van der Waals surface area contributed by atoms with Crippen molar-refractivity contribution >= 4 is 5.97 Å². The van der Waals surface area contributed by atoms with E-state index < -0.39 is 5.97 Å². The van der Waals surface area contributed by atoms with E-state index in [0.717, 1.165) is 55.7 Å². The normalized spacial score (nSPS) is 18.3. The first-order valence-electron chi connectivity index (χ1n) is 8.89. The van der Waals surface area contributed by atoms with Gasteiger partial charge in [-0.25, -0.2) is 0 Å². The number of aliphatic carboxylic acids is 1. The molecule has 24 heavy (non-hydrogen) atoms. The van der Waals surface area contributed by atoms with Crippen LogP contribution in [0.5, 0.6) is 11.5 Å². The smallest absolute Gasteiger partial charge is 0.307 e. The molecule has 134 valence electrons. The summed E-state index contributed by atoms with van der Waals surface area (Å²) in [5.74, 6) is 0.587. The number of para-hydroxylation sites is 1. The Kier molecular flexibility index (Phi) is 7.37. The molecule has 0 saturated carbocycles. The lowest BCUT2D eigenvalue weighted by Gasteiger charge is -2.31. The molecule has 1 aromatic carbocycles. The SMILES string of the molecule is CCCCCOc1c(CN2CCCC(C(=O)O)C2)cccc1OC. The van der Waals surface area contributed by atoms with Gasteiger partial charge in [0.2, 0.25) is 0 Å². The van der Waals surface area contributed by atoms with Gasteiger partial charge in [0.25, 0.3) is 0 Å². The number of rotatable bonds is 9. The van der Waals surface area contributed by atoms with Gasteiger partial charge in [-0.2, -0.15) is 0 Å². The van der Waals surface area contributed by atoms with Crippen molar-refractivity contribution in [3.8, 4) is 11.5 Å². The van der Waals surface area contributed by atoms with Crippen molar-refractivity contribution in [2.75, 3.05) is 26.8 Å². The van der Waals surface area contributed by atoms with Crippen molar-refractivity contribution in [3.05, 3.63) is 23.8 Å². The Morgan fingerprint density at radius 1 is 1.38 bits per heavy atom. The lowest BCUT2D eigenvalue weighted by Crippen LogP contribution is -2.38. The lowest BCUT2D eigenvalue weighted by molar-refractivity contribution is -0.143. The first-order valence-corrected chi connectivity index (χ1v) is 8.89. The van der Waals surface area contributed by atoms with Crippen LogP contribution in [0.25, 0.3) is 0 Å². The average Bonchev–Trinajstić information content (AvgIpc) is 2.59. The molecule has 0 aromatic heterocycles. The van der Waals surface area contributed by atoms with E-state index in [2.05, 4.69) is 11.8 Å². The van der Waals surface area contributed by atoms with Gasteiger partial charge >= 0.3 is 5.97 Å². The van der Waals surface area contributed by atoms with Gasteiger partial charge in [0.05, 0.1) is 19.6 Å². The van der Waals surface area contributed by atoms with Crippen LogP contribution < -0.4 is 9.47 Å². The van der Waals surface area contributed by atoms with Gasteiger partial charge in [-0.1, -0.05) is 31.9 Å². The quantitative estimate of drug-likeness (QED) is 0.699. The fourth-order valence-electron chi connectivity index (χ4n) is 3.18. The van der Waals surface area contributed by atoms with Crippen molar-refractivity contribution < 1.29 is 19.4 Å².